The Morgan fingerprint density at radius 2 is 1.64 bits per heavy atom. The number of hydrogen-bond acceptors (Lipinski definition) is 5. The van der Waals surface area contributed by atoms with E-state index in [2.05, 4.69) is 24.8 Å². The third-order valence-corrected chi connectivity index (χ3v) is 5.17. The van der Waals surface area contributed by atoms with Crippen molar-refractivity contribution >= 4 is 17.2 Å². The Balaban J connectivity index is 1.86. The molecule has 0 bridgehead atoms. The normalized spacial score (nSPS) is 23.4. The Hall–Kier alpha value is -2.32. The van der Waals surface area contributed by atoms with Crippen LogP contribution in [0, 0.1) is 23.2 Å². The van der Waals surface area contributed by atoms with Gasteiger partial charge in [-0.1, -0.05) is 26.0 Å². The molecule has 1 fully saturated rings. The SMILES string of the molecule is C[C@@H]1C[C@@H](C)CN(CC(=O)C(C#N)=C2N(C)c3ccccc3N2C)C1. The number of fused-ring (bicyclic) bond motifs is 1. The van der Waals surface area contributed by atoms with Crippen molar-refractivity contribution < 1.29 is 4.79 Å². The van der Waals surface area contributed by atoms with Gasteiger partial charge in [-0.25, -0.2) is 0 Å². The van der Waals surface area contributed by atoms with Crippen LogP contribution >= 0.6 is 0 Å². The Morgan fingerprint density at radius 1 is 1.12 bits per heavy atom. The average Bonchev–Trinajstić information content (AvgIpc) is 2.80. The number of nitrogens with zero attached hydrogens (tertiary/aromatic N) is 4. The fourth-order valence-corrected chi connectivity index (χ4v) is 4.26. The fraction of sp³-hybridized carbons (Fsp3) is 0.500. The minimum atomic E-state index is -0.0923. The molecule has 0 aliphatic carbocycles. The van der Waals surface area contributed by atoms with Gasteiger partial charge in [-0.2, -0.15) is 5.26 Å². The Labute approximate surface area is 150 Å². The lowest BCUT2D eigenvalue weighted by Crippen LogP contribution is -2.42. The second-order valence-corrected chi connectivity index (χ2v) is 7.48. The quantitative estimate of drug-likeness (QED) is 0.626. The molecule has 5 nitrogen and oxygen atoms in total. The molecule has 0 aromatic heterocycles. The van der Waals surface area contributed by atoms with Gasteiger partial charge in [-0.15, -0.1) is 0 Å². The van der Waals surface area contributed by atoms with Crippen LogP contribution in [0.15, 0.2) is 35.7 Å². The van der Waals surface area contributed by atoms with Crippen molar-refractivity contribution in [1.82, 2.24) is 4.90 Å². The molecule has 132 valence electrons. The first-order valence-electron chi connectivity index (χ1n) is 8.88. The first kappa shape index (κ1) is 17.5. The van der Waals surface area contributed by atoms with Crippen LogP contribution in [0.1, 0.15) is 20.3 Å². The fourth-order valence-electron chi connectivity index (χ4n) is 4.26. The number of ketones is 1. The van der Waals surface area contributed by atoms with E-state index in [0.29, 0.717) is 24.2 Å². The summed E-state index contributed by atoms with van der Waals surface area (Å²) in [4.78, 5) is 19.0. The molecule has 0 saturated carbocycles. The van der Waals surface area contributed by atoms with E-state index < -0.39 is 0 Å². The molecule has 2 atom stereocenters. The van der Waals surface area contributed by atoms with Gasteiger partial charge in [-0.3, -0.25) is 9.69 Å². The van der Waals surface area contributed by atoms with Crippen molar-refractivity contribution in [2.75, 3.05) is 43.5 Å². The summed E-state index contributed by atoms with van der Waals surface area (Å²) in [7, 11) is 3.82. The molecule has 5 heteroatoms. The topological polar surface area (TPSA) is 50.6 Å². The summed E-state index contributed by atoms with van der Waals surface area (Å²) in [6, 6.07) is 10.1. The van der Waals surface area contributed by atoms with Crippen LogP contribution in [0.5, 0.6) is 0 Å². The van der Waals surface area contributed by atoms with Crippen LogP contribution in [0.25, 0.3) is 0 Å². The molecular weight excluding hydrogens is 312 g/mol. The number of piperidine rings is 1. The zero-order chi connectivity index (χ0) is 18.1. The van der Waals surface area contributed by atoms with E-state index in [9.17, 15) is 10.1 Å². The predicted molar refractivity (Wildman–Crippen MR) is 100 cm³/mol. The largest absolute Gasteiger partial charge is 0.328 e. The third-order valence-electron chi connectivity index (χ3n) is 5.17. The lowest BCUT2D eigenvalue weighted by molar-refractivity contribution is -0.117. The molecule has 1 aromatic rings. The van der Waals surface area contributed by atoms with Crippen molar-refractivity contribution in [3.05, 3.63) is 35.7 Å². The van der Waals surface area contributed by atoms with Crippen molar-refractivity contribution in [2.45, 2.75) is 20.3 Å². The van der Waals surface area contributed by atoms with Gasteiger partial charge in [-0.05, 0) is 30.4 Å². The first-order chi connectivity index (χ1) is 11.9. The van der Waals surface area contributed by atoms with Gasteiger partial charge in [0.15, 0.2) is 5.78 Å². The van der Waals surface area contributed by atoms with Gasteiger partial charge in [0.1, 0.15) is 17.5 Å². The highest BCUT2D eigenvalue weighted by Gasteiger charge is 2.32. The van der Waals surface area contributed by atoms with Crippen molar-refractivity contribution in [1.29, 1.82) is 5.26 Å². The molecule has 0 N–H and O–H groups in total. The van der Waals surface area contributed by atoms with Crippen LogP contribution in [-0.2, 0) is 4.79 Å². The Kier molecular flexibility index (Phi) is 4.82. The minimum Gasteiger partial charge on any atom is -0.328 e. The Bertz CT molecular complexity index is 707. The highest BCUT2D eigenvalue weighted by Crippen LogP contribution is 2.40. The van der Waals surface area contributed by atoms with Crippen LogP contribution in [0.2, 0.25) is 0 Å². The van der Waals surface area contributed by atoms with E-state index in [-0.39, 0.29) is 11.4 Å². The van der Waals surface area contributed by atoms with Crippen LogP contribution in [0.3, 0.4) is 0 Å². The number of carbonyl (C=O) groups excluding carboxylic acids is 1. The van der Waals surface area contributed by atoms with Crippen LogP contribution < -0.4 is 9.80 Å². The lowest BCUT2D eigenvalue weighted by Gasteiger charge is -2.34. The number of Topliss-reactive ketones (excluding diaryl/α,β-unsaturated/α-hetero) is 1. The Morgan fingerprint density at radius 3 is 2.12 bits per heavy atom. The standard InChI is InChI=1S/C20H26N4O/c1-14-9-15(2)12-24(11-14)13-19(25)16(10-21)20-22(3)17-7-5-6-8-18(17)23(20)4/h5-8,14-15H,9,11-13H2,1-4H3/t14-,15-/m1/s1. The predicted octanol–water partition coefficient (Wildman–Crippen LogP) is 2.85. The molecule has 0 radical (unpaired) electrons. The van der Waals surface area contributed by atoms with Gasteiger partial charge >= 0.3 is 0 Å². The third kappa shape index (κ3) is 3.27. The van der Waals surface area contributed by atoms with E-state index in [1.807, 2.05) is 48.2 Å². The zero-order valence-corrected chi connectivity index (χ0v) is 15.5. The van der Waals surface area contributed by atoms with E-state index in [1.165, 1.54) is 6.42 Å². The van der Waals surface area contributed by atoms with Gasteiger partial charge < -0.3 is 9.80 Å². The highest BCUT2D eigenvalue weighted by molar-refractivity contribution is 6.03. The van der Waals surface area contributed by atoms with Crippen molar-refractivity contribution in [3.8, 4) is 6.07 Å². The number of anilines is 2. The molecule has 2 heterocycles. The number of rotatable bonds is 3. The zero-order valence-electron chi connectivity index (χ0n) is 15.5. The number of benzene rings is 1. The lowest BCUT2D eigenvalue weighted by atomic mass is 9.91. The van der Waals surface area contributed by atoms with Gasteiger partial charge in [0.05, 0.1) is 17.9 Å². The molecule has 1 aromatic carbocycles. The molecule has 0 spiro atoms. The molecular formula is C20H26N4O. The monoisotopic (exact) mass is 338 g/mol. The second-order valence-electron chi connectivity index (χ2n) is 7.48. The smallest absolute Gasteiger partial charge is 0.191 e. The highest BCUT2D eigenvalue weighted by atomic mass is 16.1. The van der Waals surface area contributed by atoms with Gasteiger partial charge in [0.25, 0.3) is 0 Å². The van der Waals surface area contributed by atoms with Crippen molar-refractivity contribution in [2.24, 2.45) is 11.8 Å². The molecule has 1 saturated heterocycles. The summed E-state index contributed by atoms with van der Waals surface area (Å²) in [5.74, 6) is 1.77. The van der Waals surface area contributed by atoms with Crippen molar-refractivity contribution in [3.63, 3.8) is 0 Å². The van der Waals surface area contributed by atoms with Gasteiger partial charge in [0, 0.05) is 27.2 Å². The first-order valence-corrected chi connectivity index (χ1v) is 8.88. The molecule has 3 rings (SSSR count). The number of para-hydroxylation sites is 2. The summed E-state index contributed by atoms with van der Waals surface area (Å²) in [6.45, 7) is 6.63. The summed E-state index contributed by atoms with van der Waals surface area (Å²) in [5, 5.41) is 9.70. The van der Waals surface area contributed by atoms with E-state index in [0.717, 1.165) is 24.5 Å². The molecule has 2 aliphatic rings. The number of hydrogen-bond donors (Lipinski definition) is 0. The van der Waals surface area contributed by atoms with Crippen LogP contribution in [0.4, 0.5) is 11.4 Å². The maximum absolute atomic E-state index is 12.9. The number of likely N-dealkylation sites (tertiary alicyclic amines) is 1. The van der Waals surface area contributed by atoms with Crippen LogP contribution in [-0.4, -0.2) is 44.4 Å². The summed E-state index contributed by atoms with van der Waals surface area (Å²) in [6.07, 6.45) is 1.21. The van der Waals surface area contributed by atoms with Gasteiger partial charge in [0.2, 0.25) is 0 Å². The molecule has 0 amide bonds. The maximum Gasteiger partial charge on any atom is 0.191 e. The number of carbonyl (C=O) groups is 1. The van der Waals surface area contributed by atoms with E-state index >= 15 is 0 Å². The summed E-state index contributed by atoms with van der Waals surface area (Å²) in [5.41, 5.74) is 2.27. The number of nitriles is 1. The molecule has 2 aliphatic heterocycles. The second kappa shape index (κ2) is 6.89. The molecule has 0 unspecified atom stereocenters. The van der Waals surface area contributed by atoms with E-state index in [4.69, 9.17) is 0 Å². The summed E-state index contributed by atoms with van der Waals surface area (Å²) < 4.78 is 0. The van der Waals surface area contributed by atoms with E-state index in [1.54, 1.807) is 0 Å². The average molecular weight is 338 g/mol. The summed E-state index contributed by atoms with van der Waals surface area (Å²) >= 11 is 0. The maximum atomic E-state index is 12.9. The molecule has 25 heavy (non-hydrogen) atoms. The minimum absolute atomic E-state index is 0.0923.